The maximum Gasteiger partial charge on any atom is 0.317 e. The Labute approximate surface area is 147 Å². The van der Waals surface area contributed by atoms with Crippen LogP contribution >= 0.6 is 0 Å². The highest BCUT2D eigenvalue weighted by Gasteiger charge is 2.31. The van der Waals surface area contributed by atoms with E-state index in [2.05, 4.69) is 10.2 Å². The summed E-state index contributed by atoms with van der Waals surface area (Å²) in [6.45, 7) is 6.27. The van der Waals surface area contributed by atoms with Crippen LogP contribution in [0, 0.1) is 6.92 Å². The number of rotatable bonds is 4. The fraction of sp³-hybridized carbons (Fsp3) is 0.474. The molecule has 3 heterocycles. The van der Waals surface area contributed by atoms with Gasteiger partial charge in [-0.1, -0.05) is 18.2 Å². The van der Waals surface area contributed by atoms with Gasteiger partial charge in [0.1, 0.15) is 5.76 Å². The lowest BCUT2D eigenvalue weighted by molar-refractivity contribution is 0.121. The summed E-state index contributed by atoms with van der Waals surface area (Å²) in [6.07, 6.45) is 2.19. The standard InChI is InChI=1S/C19H24N4O2/c1-14-17(21-18(25-14)15-6-3-2-4-7-15)13-22-10-5-8-16(12-22)23-11-9-20-19(23)24/h2-4,6-7,16H,5,8-13H2,1H3,(H,20,24). The van der Waals surface area contributed by atoms with Gasteiger partial charge in [0, 0.05) is 37.8 Å². The predicted molar refractivity (Wildman–Crippen MR) is 95.1 cm³/mol. The smallest absolute Gasteiger partial charge is 0.317 e. The second-order valence-electron chi connectivity index (χ2n) is 6.84. The molecule has 1 unspecified atom stereocenters. The van der Waals surface area contributed by atoms with E-state index >= 15 is 0 Å². The molecular weight excluding hydrogens is 316 g/mol. The highest BCUT2D eigenvalue weighted by Crippen LogP contribution is 2.24. The Hall–Kier alpha value is -2.34. The Morgan fingerprint density at radius 2 is 2.12 bits per heavy atom. The van der Waals surface area contributed by atoms with Gasteiger partial charge in [-0.15, -0.1) is 0 Å². The van der Waals surface area contributed by atoms with Crippen molar-refractivity contribution in [1.82, 2.24) is 20.1 Å². The summed E-state index contributed by atoms with van der Waals surface area (Å²) in [4.78, 5) is 21.0. The van der Waals surface area contributed by atoms with E-state index in [1.54, 1.807) is 0 Å². The second kappa shape index (κ2) is 6.88. The molecule has 25 heavy (non-hydrogen) atoms. The van der Waals surface area contributed by atoms with Crippen molar-refractivity contribution in [3.63, 3.8) is 0 Å². The van der Waals surface area contributed by atoms with E-state index in [9.17, 15) is 4.79 Å². The van der Waals surface area contributed by atoms with Crippen molar-refractivity contribution in [3.8, 4) is 11.5 Å². The van der Waals surface area contributed by atoms with Crippen LogP contribution in [-0.4, -0.2) is 53.0 Å². The van der Waals surface area contributed by atoms with Crippen molar-refractivity contribution in [3.05, 3.63) is 41.8 Å². The quantitative estimate of drug-likeness (QED) is 0.929. The van der Waals surface area contributed by atoms with Gasteiger partial charge in [0.05, 0.1) is 5.69 Å². The van der Waals surface area contributed by atoms with Gasteiger partial charge in [-0.3, -0.25) is 4.90 Å². The van der Waals surface area contributed by atoms with Crippen LogP contribution in [0.25, 0.3) is 11.5 Å². The molecular formula is C19H24N4O2. The van der Waals surface area contributed by atoms with Gasteiger partial charge in [-0.2, -0.15) is 0 Å². The highest BCUT2D eigenvalue weighted by atomic mass is 16.4. The first-order chi connectivity index (χ1) is 12.2. The van der Waals surface area contributed by atoms with Gasteiger partial charge in [0.2, 0.25) is 5.89 Å². The van der Waals surface area contributed by atoms with E-state index in [1.807, 2.05) is 42.2 Å². The van der Waals surface area contributed by atoms with Crippen LogP contribution in [0.5, 0.6) is 0 Å². The van der Waals surface area contributed by atoms with Crippen LogP contribution in [0.4, 0.5) is 4.79 Å². The molecule has 2 aliphatic rings. The SMILES string of the molecule is Cc1oc(-c2ccccc2)nc1CN1CCCC(N2CCNC2=O)C1. The summed E-state index contributed by atoms with van der Waals surface area (Å²) < 4.78 is 5.87. The van der Waals surface area contributed by atoms with Crippen LogP contribution in [0.3, 0.4) is 0 Å². The first-order valence-electron chi connectivity index (χ1n) is 8.99. The van der Waals surface area contributed by atoms with Crippen molar-refractivity contribution in [2.24, 2.45) is 0 Å². The molecule has 4 rings (SSSR count). The summed E-state index contributed by atoms with van der Waals surface area (Å²) in [5, 5.41) is 2.90. The molecule has 1 aromatic carbocycles. The number of nitrogens with one attached hydrogen (secondary N) is 1. The maximum atomic E-state index is 11.9. The van der Waals surface area contributed by atoms with Gasteiger partial charge >= 0.3 is 6.03 Å². The van der Waals surface area contributed by atoms with Gasteiger partial charge < -0.3 is 14.6 Å². The molecule has 0 spiro atoms. The summed E-state index contributed by atoms with van der Waals surface area (Å²) in [5.74, 6) is 1.56. The Morgan fingerprint density at radius 1 is 1.28 bits per heavy atom. The minimum Gasteiger partial charge on any atom is -0.441 e. The first-order valence-corrected chi connectivity index (χ1v) is 8.99. The van der Waals surface area contributed by atoms with E-state index in [-0.39, 0.29) is 6.03 Å². The number of oxazole rings is 1. The number of carbonyl (C=O) groups is 1. The number of piperidine rings is 1. The molecule has 2 amide bonds. The summed E-state index contributed by atoms with van der Waals surface area (Å²) in [7, 11) is 0. The van der Waals surface area contributed by atoms with Crippen molar-refractivity contribution in [2.75, 3.05) is 26.2 Å². The Balaban J connectivity index is 1.45. The zero-order chi connectivity index (χ0) is 17.2. The molecule has 2 fully saturated rings. The lowest BCUT2D eigenvalue weighted by atomic mass is 10.0. The number of nitrogens with zero attached hydrogens (tertiary/aromatic N) is 3. The highest BCUT2D eigenvalue weighted by molar-refractivity contribution is 5.76. The van der Waals surface area contributed by atoms with Crippen LogP contribution in [0.1, 0.15) is 24.3 Å². The molecule has 0 radical (unpaired) electrons. The monoisotopic (exact) mass is 340 g/mol. The number of amides is 2. The number of hydrogen-bond acceptors (Lipinski definition) is 4. The molecule has 0 aliphatic carbocycles. The van der Waals surface area contributed by atoms with Gasteiger partial charge in [0.25, 0.3) is 0 Å². The average molecular weight is 340 g/mol. The molecule has 1 atom stereocenters. The normalized spacial score (nSPS) is 21.6. The minimum absolute atomic E-state index is 0.0795. The zero-order valence-electron chi connectivity index (χ0n) is 14.6. The largest absolute Gasteiger partial charge is 0.441 e. The summed E-state index contributed by atoms with van der Waals surface area (Å²) >= 11 is 0. The molecule has 6 heteroatoms. The van der Waals surface area contributed by atoms with Gasteiger partial charge in [-0.25, -0.2) is 9.78 Å². The number of aromatic nitrogens is 1. The Bertz CT molecular complexity index is 743. The molecule has 2 aromatic rings. The van der Waals surface area contributed by atoms with Crippen LogP contribution in [-0.2, 0) is 6.54 Å². The van der Waals surface area contributed by atoms with Crippen molar-refractivity contribution in [1.29, 1.82) is 0 Å². The van der Waals surface area contributed by atoms with E-state index in [0.717, 1.165) is 62.6 Å². The molecule has 1 N–H and O–H groups in total. The summed E-state index contributed by atoms with van der Waals surface area (Å²) in [6, 6.07) is 10.4. The van der Waals surface area contributed by atoms with Crippen molar-refractivity contribution in [2.45, 2.75) is 32.4 Å². The third-order valence-electron chi connectivity index (χ3n) is 5.10. The predicted octanol–water partition coefficient (Wildman–Crippen LogP) is 2.64. The van der Waals surface area contributed by atoms with Crippen molar-refractivity contribution < 1.29 is 9.21 Å². The zero-order valence-corrected chi connectivity index (χ0v) is 14.6. The lowest BCUT2D eigenvalue weighted by Gasteiger charge is -2.36. The molecule has 132 valence electrons. The fourth-order valence-electron chi connectivity index (χ4n) is 3.75. The van der Waals surface area contributed by atoms with E-state index in [1.165, 1.54) is 0 Å². The first kappa shape index (κ1) is 16.1. The lowest BCUT2D eigenvalue weighted by Crippen LogP contribution is -2.48. The average Bonchev–Trinajstić information content (AvgIpc) is 3.22. The molecule has 1 aromatic heterocycles. The minimum atomic E-state index is 0.0795. The number of carbonyl (C=O) groups excluding carboxylic acids is 1. The number of hydrogen-bond donors (Lipinski definition) is 1. The van der Waals surface area contributed by atoms with Gasteiger partial charge in [0.15, 0.2) is 0 Å². The topological polar surface area (TPSA) is 61.6 Å². The fourth-order valence-corrected chi connectivity index (χ4v) is 3.75. The van der Waals surface area contributed by atoms with Crippen molar-refractivity contribution >= 4 is 6.03 Å². The van der Waals surface area contributed by atoms with E-state index < -0.39 is 0 Å². The maximum absolute atomic E-state index is 11.9. The van der Waals surface area contributed by atoms with Crippen LogP contribution < -0.4 is 5.32 Å². The molecule has 6 nitrogen and oxygen atoms in total. The van der Waals surface area contributed by atoms with E-state index in [4.69, 9.17) is 9.40 Å². The Morgan fingerprint density at radius 3 is 2.88 bits per heavy atom. The molecule has 0 bridgehead atoms. The third-order valence-corrected chi connectivity index (χ3v) is 5.10. The summed E-state index contributed by atoms with van der Waals surface area (Å²) in [5.41, 5.74) is 1.99. The molecule has 0 saturated carbocycles. The van der Waals surface area contributed by atoms with Crippen LogP contribution in [0.15, 0.2) is 34.7 Å². The third kappa shape index (κ3) is 3.39. The Kier molecular flexibility index (Phi) is 4.44. The molecule has 2 aliphatic heterocycles. The number of likely N-dealkylation sites (tertiary alicyclic amines) is 1. The van der Waals surface area contributed by atoms with Gasteiger partial charge in [-0.05, 0) is 38.4 Å². The molecule has 2 saturated heterocycles. The number of aryl methyl sites for hydroxylation is 1. The van der Waals surface area contributed by atoms with E-state index in [0.29, 0.717) is 11.9 Å². The number of urea groups is 1. The number of benzene rings is 1. The second-order valence-corrected chi connectivity index (χ2v) is 6.84. The van der Waals surface area contributed by atoms with Crippen LogP contribution in [0.2, 0.25) is 0 Å².